The maximum absolute atomic E-state index is 12.1. The van der Waals surface area contributed by atoms with Crippen molar-refractivity contribution in [3.05, 3.63) is 16.3 Å². The average molecular weight is 303 g/mol. The molecule has 0 aliphatic heterocycles. The van der Waals surface area contributed by atoms with Gasteiger partial charge in [-0.05, 0) is 31.7 Å². The second kappa shape index (κ2) is 5.60. The van der Waals surface area contributed by atoms with E-state index >= 15 is 0 Å². The van der Waals surface area contributed by atoms with E-state index in [4.69, 9.17) is 5.11 Å². The van der Waals surface area contributed by atoms with Gasteiger partial charge in [-0.15, -0.1) is 11.3 Å². The fourth-order valence-corrected chi connectivity index (χ4v) is 4.86. The van der Waals surface area contributed by atoms with Crippen LogP contribution < -0.4 is 4.72 Å². The van der Waals surface area contributed by atoms with Crippen LogP contribution in [-0.4, -0.2) is 25.5 Å². The quantitative estimate of drug-likeness (QED) is 0.874. The monoisotopic (exact) mass is 303 g/mol. The van der Waals surface area contributed by atoms with Crippen LogP contribution in [-0.2, 0) is 10.0 Å². The summed E-state index contributed by atoms with van der Waals surface area (Å²) in [6, 6.07) is 1.09. The maximum Gasteiger partial charge on any atom is 0.345 e. The van der Waals surface area contributed by atoms with Gasteiger partial charge in [0.2, 0.25) is 10.0 Å². The fraction of sp³-hybridized carbons (Fsp3) is 0.583. The summed E-state index contributed by atoms with van der Waals surface area (Å²) in [5.74, 6) is -0.720. The zero-order valence-electron chi connectivity index (χ0n) is 10.6. The van der Waals surface area contributed by atoms with E-state index in [1.807, 2.05) is 6.92 Å². The Kier molecular flexibility index (Phi) is 4.27. The highest BCUT2D eigenvalue weighted by atomic mass is 32.2. The zero-order valence-corrected chi connectivity index (χ0v) is 12.3. The molecule has 1 heterocycles. The molecule has 1 fully saturated rings. The van der Waals surface area contributed by atoms with E-state index in [1.54, 1.807) is 0 Å². The van der Waals surface area contributed by atoms with E-state index in [1.165, 1.54) is 11.4 Å². The number of carboxylic acids is 1. The molecule has 7 heteroatoms. The van der Waals surface area contributed by atoms with Gasteiger partial charge in [0.25, 0.3) is 0 Å². The number of rotatable bonds is 5. The molecule has 1 aromatic heterocycles. The van der Waals surface area contributed by atoms with Crippen molar-refractivity contribution in [3.63, 3.8) is 0 Å². The van der Waals surface area contributed by atoms with Gasteiger partial charge in [-0.1, -0.05) is 12.8 Å². The lowest BCUT2D eigenvalue weighted by atomic mass is 10.0. The molecule has 5 nitrogen and oxygen atoms in total. The zero-order chi connectivity index (χ0) is 14.0. The first-order valence-corrected chi connectivity index (χ1v) is 8.60. The smallest absolute Gasteiger partial charge is 0.345 e. The summed E-state index contributed by atoms with van der Waals surface area (Å²) in [7, 11) is -3.61. The Labute approximate surface area is 116 Å². The molecule has 0 radical (unpaired) electrons. The number of aromatic carboxylic acids is 1. The van der Waals surface area contributed by atoms with Gasteiger partial charge in [-0.2, -0.15) is 0 Å². The van der Waals surface area contributed by atoms with E-state index in [-0.39, 0.29) is 15.8 Å². The molecule has 0 spiro atoms. The minimum Gasteiger partial charge on any atom is -0.477 e. The van der Waals surface area contributed by atoms with Crippen molar-refractivity contribution in [2.24, 2.45) is 5.92 Å². The van der Waals surface area contributed by atoms with Gasteiger partial charge in [0.1, 0.15) is 4.88 Å². The van der Waals surface area contributed by atoms with E-state index in [9.17, 15) is 13.2 Å². The van der Waals surface area contributed by atoms with Crippen LogP contribution in [0.3, 0.4) is 0 Å². The molecule has 2 rings (SSSR count). The predicted octanol–water partition coefficient (Wildman–Crippen LogP) is 2.30. The lowest BCUT2D eigenvalue weighted by molar-refractivity contribution is 0.0702. The summed E-state index contributed by atoms with van der Waals surface area (Å²) in [5.41, 5.74) is 0. The van der Waals surface area contributed by atoms with Crippen LogP contribution in [0.4, 0.5) is 0 Å². The second-order valence-electron chi connectivity index (χ2n) is 4.91. The minimum atomic E-state index is -3.61. The Balaban J connectivity index is 2.10. The molecule has 1 aliphatic rings. The molecule has 0 amide bonds. The first-order valence-electron chi connectivity index (χ1n) is 6.24. The molecule has 0 saturated heterocycles. The SMILES string of the molecule is C[C@H](NS(=O)(=O)c1csc(C(=O)O)c1)C1CCCC1. The van der Waals surface area contributed by atoms with E-state index < -0.39 is 16.0 Å². The number of carbonyl (C=O) groups is 1. The normalized spacial score (nSPS) is 18.6. The Morgan fingerprint density at radius 1 is 1.47 bits per heavy atom. The maximum atomic E-state index is 12.1. The molecule has 1 atom stereocenters. The van der Waals surface area contributed by atoms with Crippen molar-refractivity contribution in [3.8, 4) is 0 Å². The molecule has 106 valence electrons. The van der Waals surface area contributed by atoms with Crippen LogP contribution in [0.15, 0.2) is 16.3 Å². The Bertz CT molecular complexity index is 558. The van der Waals surface area contributed by atoms with Crippen LogP contribution in [0.25, 0.3) is 0 Å². The van der Waals surface area contributed by atoms with Gasteiger partial charge < -0.3 is 5.11 Å². The lowest BCUT2D eigenvalue weighted by Gasteiger charge is -2.19. The van der Waals surface area contributed by atoms with Crippen molar-refractivity contribution in [2.45, 2.75) is 43.5 Å². The highest BCUT2D eigenvalue weighted by molar-refractivity contribution is 7.89. The third-order valence-corrected chi connectivity index (χ3v) is 6.15. The standard InChI is InChI=1S/C12H17NO4S2/c1-8(9-4-2-3-5-9)13-19(16,17)10-6-11(12(14)15)18-7-10/h6-9,13H,2-5H2,1H3,(H,14,15)/t8-/m0/s1. The van der Waals surface area contributed by atoms with Crippen molar-refractivity contribution in [2.75, 3.05) is 0 Å². The molecule has 1 saturated carbocycles. The topological polar surface area (TPSA) is 83.5 Å². The van der Waals surface area contributed by atoms with Crippen molar-refractivity contribution < 1.29 is 18.3 Å². The number of carboxylic acid groups (broad SMARTS) is 1. The van der Waals surface area contributed by atoms with Gasteiger partial charge in [0.15, 0.2) is 0 Å². The largest absolute Gasteiger partial charge is 0.477 e. The first-order chi connectivity index (χ1) is 8.90. The summed E-state index contributed by atoms with van der Waals surface area (Å²) in [5, 5.41) is 10.2. The Morgan fingerprint density at radius 3 is 2.63 bits per heavy atom. The van der Waals surface area contributed by atoms with Gasteiger partial charge in [0.05, 0.1) is 4.90 Å². The summed E-state index contributed by atoms with van der Waals surface area (Å²) in [4.78, 5) is 10.8. The van der Waals surface area contributed by atoms with Crippen LogP contribution in [0.1, 0.15) is 42.3 Å². The Morgan fingerprint density at radius 2 is 2.11 bits per heavy atom. The predicted molar refractivity (Wildman–Crippen MR) is 73.0 cm³/mol. The van der Waals surface area contributed by atoms with Crippen molar-refractivity contribution in [1.29, 1.82) is 0 Å². The number of thiophene rings is 1. The summed E-state index contributed by atoms with van der Waals surface area (Å²) >= 11 is 0.925. The molecule has 0 unspecified atom stereocenters. The van der Waals surface area contributed by atoms with E-state index in [0.717, 1.165) is 37.0 Å². The molecule has 0 aromatic carbocycles. The second-order valence-corrected chi connectivity index (χ2v) is 7.53. The van der Waals surface area contributed by atoms with Gasteiger partial charge in [-0.3, -0.25) is 0 Å². The van der Waals surface area contributed by atoms with Crippen LogP contribution in [0.2, 0.25) is 0 Å². The van der Waals surface area contributed by atoms with Gasteiger partial charge in [0, 0.05) is 11.4 Å². The molecule has 1 aromatic rings. The van der Waals surface area contributed by atoms with E-state index in [0.29, 0.717) is 5.92 Å². The molecule has 2 N–H and O–H groups in total. The number of hydrogen-bond donors (Lipinski definition) is 2. The number of sulfonamides is 1. The van der Waals surface area contributed by atoms with Crippen molar-refractivity contribution >= 4 is 27.3 Å². The Hall–Kier alpha value is -0.920. The number of nitrogens with one attached hydrogen (secondary N) is 1. The number of hydrogen-bond acceptors (Lipinski definition) is 4. The average Bonchev–Trinajstić information content (AvgIpc) is 3.00. The molecule has 0 bridgehead atoms. The van der Waals surface area contributed by atoms with Crippen molar-refractivity contribution in [1.82, 2.24) is 4.72 Å². The minimum absolute atomic E-state index is 0.0360. The highest BCUT2D eigenvalue weighted by Gasteiger charge is 2.27. The molecule has 1 aliphatic carbocycles. The third-order valence-electron chi connectivity index (χ3n) is 3.54. The lowest BCUT2D eigenvalue weighted by Crippen LogP contribution is -2.37. The fourth-order valence-electron chi connectivity index (χ4n) is 2.44. The summed E-state index contributed by atoms with van der Waals surface area (Å²) < 4.78 is 26.9. The first kappa shape index (κ1) is 14.5. The van der Waals surface area contributed by atoms with Crippen LogP contribution in [0.5, 0.6) is 0 Å². The van der Waals surface area contributed by atoms with Crippen LogP contribution in [0, 0.1) is 5.92 Å². The summed E-state index contributed by atoms with van der Waals surface area (Å²) in [6.45, 7) is 1.87. The molecular formula is C12H17NO4S2. The molecule has 19 heavy (non-hydrogen) atoms. The van der Waals surface area contributed by atoms with Crippen LogP contribution >= 0.6 is 11.3 Å². The molecular weight excluding hydrogens is 286 g/mol. The highest BCUT2D eigenvalue weighted by Crippen LogP contribution is 2.28. The van der Waals surface area contributed by atoms with Gasteiger partial charge >= 0.3 is 5.97 Å². The van der Waals surface area contributed by atoms with E-state index in [2.05, 4.69) is 4.72 Å². The summed E-state index contributed by atoms with van der Waals surface area (Å²) in [6.07, 6.45) is 4.40. The third kappa shape index (κ3) is 3.34. The van der Waals surface area contributed by atoms with Gasteiger partial charge in [-0.25, -0.2) is 17.9 Å².